The number of rotatable bonds is 0. The van der Waals surface area contributed by atoms with Crippen LogP contribution in [0.15, 0.2) is 84.9 Å². The zero-order valence-electron chi connectivity index (χ0n) is 22.6. The Hall–Kier alpha value is -3.20. The molecule has 4 aromatic carbocycles. The van der Waals surface area contributed by atoms with Gasteiger partial charge in [0, 0.05) is 27.7 Å². The highest BCUT2D eigenvalue weighted by molar-refractivity contribution is 5.83. The van der Waals surface area contributed by atoms with Crippen molar-refractivity contribution < 1.29 is 0 Å². The maximum Gasteiger partial charge on any atom is 0.140 e. The summed E-state index contributed by atoms with van der Waals surface area (Å²) in [4.78, 5) is 0. The van der Waals surface area contributed by atoms with Gasteiger partial charge in [-0.2, -0.15) is 0 Å². The Kier molecular flexibility index (Phi) is 5.09. The predicted molar refractivity (Wildman–Crippen MR) is 155 cm³/mol. The van der Waals surface area contributed by atoms with Gasteiger partial charge in [-0.3, -0.25) is 8.97 Å². The molecule has 0 saturated heterocycles. The average Bonchev–Trinajstić information content (AvgIpc) is 2.84. The van der Waals surface area contributed by atoms with Crippen LogP contribution in [0.2, 0.25) is 0 Å². The molecule has 0 N–H and O–H groups in total. The summed E-state index contributed by atoms with van der Waals surface area (Å²) in [5.41, 5.74) is 14.2. The second kappa shape index (κ2) is 7.90. The van der Waals surface area contributed by atoms with E-state index in [1.807, 2.05) is 0 Å². The van der Waals surface area contributed by atoms with E-state index in [4.69, 9.17) is 0 Å². The molecule has 3 heterocycles. The highest BCUT2D eigenvalue weighted by Crippen LogP contribution is 2.48. The molecule has 7 rings (SSSR count). The maximum absolute atomic E-state index is 2.45. The standard InChI is InChI=1S/C34H38N2/c1-24-25-13-11-17-27(24)28-15-8-10-20-32(28)36(6)22-26-14-12-18-30(33(26)34(2,3)23-36)29-16-7-9-19-31(29)35(4,5)21-25/h7-20H,21-23H2,1-6H3/q+2. The lowest BCUT2D eigenvalue weighted by atomic mass is 9.73. The smallest absolute Gasteiger partial charge is 0.140 e. The van der Waals surface area contributed by atoms with Gasteiger partial charge in [0.2, 0.25) is 0 Å². The Morgan fingerprint density at radius 1 is 0.583 bits per heavy atom. The summed E-state index contributed by atoms with van der Waals surface area (Å²) in [5.74, 6) is 0. The van der Waals surface area contributed by atoms with Crippen molar-refractivity contribution in [3.8, 4) is 22.3 Å². The van der Waals surface area contributed by atoms with Gasteiger partial charge in [0.15, 0.2) is 0 Å². The van der Waals surface area contributed by atoms with Crippen LogP contribution in [0.25, 0.3) is 22.3 Å². The molecule has 0 radical (unpaired) electrons. The van der Waals surface area contributed by atoms with Gasteiger partial charge < -0.3 is 0 Å². The van der Waals surface area contributed by atoms with Gasteiger partial charge in [-0.15, -0.1) is 0 Å². The van der Waals surface area contributed by atoms with Crippen molar-refractivity contribution in [2.75, 3.05) is 27.7 Å². The van der Waals surface area contributed by atoms with Crippen molar-refractivity contribution in [3.63, 3.8) is 0 Å². The van der Waals surface area contributed by atoms with E-state index in [-0.39, 0.29) is 5.41 Å². The van der Waals surface area contributed by atoms with Crippen molar-refractivity contribution in [1.29, 1.82) is 0 Å². The third-order valence-corrected chi connectivity index (χ3v) is 8.72. The first kappa shape index (κ1) is 23.2. The minimum Gasteiger partial charge on any atom is -0.292 e. The SMILES string of the molecule is Cc1c2cccc1-c1ccccc1[N+]1(C)Cc3cccc(c3C(C)(C)C1)-c1ccccc1[N+](C)(C)C2. The molecular weight excluding hydrogens is 436 g/mol. The molecule has 3 aliphatic rings. The van der Waals surface area contributed by atoms with E-state index in [1.165, 1.54) is 55.9 Å². The Balaban J connectivity index is 1.74. The highest BCUT2D eigenvalue weighted by atomic mass is 15.3. The lowest BCUT2D eigenvalue weighted by Gasteiger charge is -2.47. The number of para-hydroxylation sites is 2. The monoisotopic (exact) mass is 474 g/mol. The van der Waals surface area contributed by atoms with Crippen LogP contribution < -0.4 is 8.97 Å². The number of nitrogens with zero attached hydrogens (tertiary/aromatic N) is 2. The maximum atomic E-state index is 2.45. The molecule has 6 bridgehead atoms. The molecule has 182 valence electrons. The summed E-state index contributed by atoms with van der Waals surface area (Å²) in [6, 6.07) is 32.1. The second-order valence-electron chi connectivity index (χ2n) is 12.4. The molecule has 0 amide bonds. The predicted octanol–water partition coefficient (Wildman–Crippen LogP) is 7.84. The van der Waals surface area contributed by atoms with E-state index in [2.05, 4.69) is 127 Å². The molecule has 0 spiro atoms. The Bertz CT molecular complexity index is 1490. The first-order valence-corrected chi connectivity index (χ1v) is 13.2. The fourth-order valence-electron chi connectivity index (χ4n) is 7.37. The molecule has 0 aliphatic carbocycles. The van der Waals surface area contributed by atoms with Crippen molar-refractivity contribution in [2.45, 2.75) is 39.3 Å². The van der Waals surface area contributed by atoms with Crippen LogP contribution in [-0.2, 0) is 18.5 Å². The Morgan fingerprint density at radius 2 is 1.14 bits per heavy atom. The van der Waals surface area contributed by atoms with Crippen LogP contribution >= 0.6 is 0 Å². The van der Waals surface area contributed by atoms with Gasteiger partial charge >= 0.3 is 0 Å². The normalized spacial score (nSPS) is 21.3. The molecular formula is C34H38N2+2. The van der Waals surface area contributed by atoms with Crippen LogP contribution in [0.1, 0.15) is 36.1 Å². The fourth-order valence-corrected chi connectivity index (χ4v) is 7.37. The third-order valence-electron chi connectivity index (χ3n) is 8.72. The van der Waals surface area contributed by atoms with E-state index in [9.17, 15) is 0 Å². The van der Waals surface area contributed by atoms with E-state index in [0.29, 0.717) is 0 Å². The molecule has 4 aromatic rings. The number of likely N-dealkylation sites (N-methyl/N-ethyl adjacent to an activating group) is 1. The van der Waals surface area contributed by atoms with Gasteiger partial charge in [-0.1, -0.05) is 74.5 Å². The minimum absolute atomic E-state index is 0.0251. The largest absolute Gasteiger partial charge is 0.292 e. The first-order valence-electron chi connectivity index (χ1n) is 13.2. The van der Waals surface area contributed by atoms with Crippen LogP contribution in [-0.4, -0.2) is 27.7 Å². The van der Waals surface area contributed by atoms with Gasteiger partial charge in [0.05, 0.1) is 27.7 Å². The van der Waals surface area contributed by atoms with Gasteiger partial charge in [-0.25, -0.2) is 0 Å². The van der Waals surface area contributed by atoms with Crippen molar-refractivity contribution in [2.24, 2.45) is 0 Å². The molecule has 3 aliphatic heterocycles. The van der Waals surface area contributed by atoms with E-state index >= 15 is 0 Å². The van der Waals surface area contributed by atoms with Crippen LogP contribution in [0.4, 0.5) is 11.4 Å². The average molecular weight is 475 g/mol. The first-order chi connectivity index (χ1) is 17.1. The summed E-state index contributed by atoms with van der Waals surface area (Å²) in [7, 11) is 7.16. The molecule has 0 fully saturated rings. The van der Waals surface area contributed by atoms with Crippen LogP contribution in [0, 0.1) is 6.92 Å². The molecule has 2 nitrogen and oxygen atoms in total. The lowest BCUT2D eigenvalue weighted by molar-refractivity contribution is 0.236. The zero-order chi connectivity index (χ0) is 25.3. The highest BCUT2D eigenvalue weighted by Gasteiger charge is 2.44. The summed E-state index contributed by atoms with van der Waals surface area (Å²) in [6.45, 7) is 10.2. The van der Waals surface area contributed by atoms with E-state index < -0.39 is 0 Å². The van der Waals surface area contributed by atoms with Crippen LogP contribution in [0.5, 0.6) is 0 Å². The summed E-state index contributed by atoms with van der Waals surface area (Å²) in [6.07, 6.45) is 0. The topological polar surface area (TPSA) is 0 Å². The Labute approximate surface area is 216 Å². The van der Waals surface area contributed by atoms with Crippen molar-refractivity contribution in [1.82, 2.24) is 8.97 Å². The fraction of sp³-hybridized carbons (Fsp3) is 0.294. The number of hydrogen-bond acceptors (Lipinski definition) is 0. The Morgan fingerprint density at radius 3 is 1.86 bits per heavy atom. The number of fused-ring (bicyclic) bond motifs is 2. The van der Waals surface area contributed by atoms with E-state index in [0.717, 1.165) is 28.6 Å². The van der Waals surface area contributed by atoms with Crippen molar-refractivity contribution >= 4 is 11.4 Å². The summed E-state index contributed by atoms with van der Waals surface area (Å²) in [5, 5.41) is 0. The van der Waals surface area contributed by atoms with Gasteiger partial charge in [0.1, 0.15) is 24.5 Å². The molecule has 0 aromatic heterocycles. The summed E-state index contributed by atoms with van der Waals surface area (Å²) < 4.78 is 1.71. The van der Waals surface area contributed by atoms with Gasteiger partial charge in [0.25, 0.3) is 0 Å². The van der Waals surface area contributed by atoms with Gasteiger partial charge in [-0.05, 0) is 53.4 Å². The molecule has 36 heavy (non-hydrogen) atoms. The third kappa shape index (κ3) is 3.47. The quantitative estimate of drug-likeness (QED) is 0.228. The molecule has 0 saturated carbocycles. The number of benzene rings is 4. The second-order valence-corrected chi connectivity index (χ2v) is 12.4. The number of quaternary nitrogens is 2. The van der Waals surface area contributed by atoms with E-state index in [1.54, 1.807) is 0 Å². The van der Waals surface area contributed by atoms with Crippen molar-refractivity contribution in [3.05, 3.63) is 107 Å². The zero-order valence-corrected chi connectivity index (χ0v) is 22.6. The molecule has 1 atom stereocenters. The minimum atomic E-state index is 0.0251. The number of hydrogen-bond donors (Lipinski definition) is 0. The van der Waals surface area contributed by atoms with Crippen LogP contribution in [0.3, 0.4) is 0 Å². The summed E-state index contributed by atoms with van der Waals surface area (Å²) >= 11 is 0. The molecule has 2 heteroatoms. The lowest BCUT2D eigenvalue weighted by Crippen LogP contribution is -2.55. The molecule has 1 unspecified atom stereocenters.